The second kappa shape index (κ2) is 12.6. The van der Waals surface area contributed by atoms with Crippen LogP contribution in [0, 0.1) is 11.6 Å². The van der Waals surface area contributed by atoms with Crippen LogP contribution in [0.25, 0.3) is 0 Å². The predicted octanol–water partition coefficient (Wildman–Crippen LogP) is 3.84. The first-order valence-electron chi connectivity index (χ1n) is 11.5. The summed E-state index contributed by atoms with van der Waals surface area (Å²) in [7, 11) is -3.68. The molecule has 0 bridgehead atoms. The molecule has 0 aliphatic heterocycles. The average Bonchev–Trinajstić information content (AvgIpc) is 2.80. The number of nitrogens with zero attached hydrogens (tertiary/aromatic N) is 2. The Morgan fingerprint density at radius 3 is 2.23 bits per heavy atom. The molecule has 2 aromatic carbocycles. The number of hydrogen-bond donors (Lipinski definition) is 1. The van der Waals surface area contributed by atoms with Crippen LogP contribution in [0.3, 0.4) is 0 Å². The summed E-state index contributed by atoms with van der Waals surface area (Å²) in [5.74, 6) is -1.74. The number of benzene rings is 2. The summed E-state index contributed by atoms with van der Waals surface area (Å²) in [4.78, 5) is 27.2. The SMILES string of the molecule is CC[C@H](C)NC(=O)[C@@H](C)N(Cc1ccccc1F)C(=O)CCCN(c1ccc(F)cc1)S(C)(=O)=O. The molecule has 0 aliphatic carbocycles. The van der Waals surface area contributed by atoms with Gasteiger partial charge < -0.3 is 10.2 Å². The maximum atomic E-state index is 14.3. The summed E-state index contributed by atoms with van der Waals surface area (Å²) in [5.41, 5.74) is 0.555. The first-order chi connectivity index (χ1) is 16.4. The second-order valence-corrected chi connectivity index (χ2v) is 10.4. The van der Waals surface area contributed by atoms with E-state index in [1.807, 2.05) is 13.8 Å². The summed E-state index contributed by atoms with van der Waals surface area (Å²) in [6.45, 7) is 5.23. The molecule has 0 saturated carbocycles. The van der Waals surface area contributed by atoms with Crippen molar-refractivity contribution in [1.29, 1.82) is 0 Å². The van der Waals surface area contributed by atoms with E-state index in [0.29, 0.717) is 6.42 Å². The van der Waals surface area contributed by atoms with Crippen molar-refractivity contribution in [3.8, 4) is 0 Å². The minimum absolute atomic E-state index is 0.0167. The van der Waals surface area contributed by atoms with Crippen molar-refractivity contribution in [3.05, 3.63) is 65.7 Å². The first kappa shape index (κ1) is 28.2. The Morgan fingerprint density at radius 1 is 1.03 bits per heavy atom. The third-order valence-electron chi connectivity index (χ3n) is 5.73. The highest BCUT2D eigenvalue weighted by molar-refractivity contribution is 7.92. The van der Waals surface area contributed by atoms with E-state index in [9.17, 15) is 26.8 Å². The number of halogens is 2. The normalized spacial score (nSPS) is 13.1. The molecule has 7 nitrogen and oxygen atoms in total. The molecule has 2 amide bonds. The molecule has 192 valence electrons. The number of carbonyl (C=O) groups is 2. The number of carbonyl (C=O) groups excluding carboxylic acids is 2. The van der Waals surface area contributed by atoms with Gasteiger partial charge in [-0.3, -0.25) is 13.9 Å². The Kier molecular flexibility index (Phi) is 10.2. The molecule has 10 heteroatoms. The number of hydrogen-bond acceptors (Lipinski definition) is 4. The van der Waals surface area contributed by atoms with Crippen LogP contribution in [0.15, 0.2) is 48.5 Å². The number of anilines is 1. The molecule has 2 atom stereocenters. The molecule has 2 rings (SSSR count). The van der Waals surface area contributed by atoms with Gasteiger partial charge in [-0.15, -0.1) is 0 Å². The molecule has 0 aromatic heterocycles. The van der Waals surface area contributed by atoms with Gasteiger partial charge in [0.05, 0.1) is 11.9 Å². The van der Waals surface area contributed by atoms with E-state index < -0.39 is 33.6 Å². The summed E-state index contributed by atoms with van der Waals surface area (Å²) < 4.78 is 53.2. The maximum Gasteiger partial charge on any atom is 0.242 e. The lowest BCUT2D eigenvalue weighted by atomic mass is 10.1. The van der Waals surface area contributed by atoms with Crippen LogP contribution >= 0.6 is 0 Å². The third kappa shape index (κ3) is 8.31. The Morgan fingerprint density at radius 2 is 1.66 bits per heavy atom. The lowest BCUT2D eigenvalue weighted by molar-refractivity contribution is -0.141. The van der Waals surface area contributed by atoms with E-state index in [1.165, 1.54) is 23.1 Å². The highest BCUT2D eigenvalue weighted by atomic mass is 32.2. The third-order valence-corrected chi connectivity index (χ3v) is 6.93. The van der Waals surface area contributed by atoms with E-state index in [4.69, 9.17) is 0 Å². The molecular weight excluding hydrogens is 476 g/mol. The van der Waals surface area contributed by atoms with Gasteiger partial charge in [-0.1, -0.05) is 25.1 Å². The van der Waals surface area contributed by atoms with E-state index in [1.54, 1.807) is 25.1 Å². The first-order valence-corrected chi connectivity index (χ1v) is 13.3. The second-order valence-electron chi connectivity index (χ2n) is 8.52. The molecule has 1 N–H and O–H groups in total. The fourth-order valence-corrected chi connectivity index (χ4v) is 4.43. The van der Waals surface area contributed by atoms with E-state index in [-0.39, 0.29) is 49.1 Å². The van der Waals surface area contributed by atoms with E-state index >= 15 is 0 Å². The molecule has 35 heavy (non-hydrogen) atoms. The van der Waals surface area contributed by atoms with Gasteiger partial charge in [0.25, 0.3) is 0 Å². The van der Waals surface area contributed by atoms with Crippen molar-refractivity contribution >= 4 is 27.5 Å². The number of sulfonamides is 1. The van der Waals surface area contributed by atoms with Crippen molar-refractivity contribution in [3.63, 3.8) is 0 Å². The van der Waals surface area contributed by atoms with Gasteiger partial charge in [-0.2, -0.15) is 0 Å². The lowest BCUT2D eigenvalue weighted by Gasteiger charge is -2.30. The number of amides is 2. The quantitative estimate of drug-likeness (QED) is 0.471. The minimum atomic E-state index is -3.68. The summed E-state index contributed by atoms with van der Waals surface area (Å²) >= 11 is 0. The molecule has 0 radical (unpaired) electrons. The Labute approximate surface area is 206 Å². The van der Waals surface area contributed by atoms with Crippen molar-refractivity contribution in [2.24, 2.45) is 0 Å². The van der Waals surface area contributed by atoms with Crippen LogP contribution < -0.4 is 9.62 Å². The monoisotopic (exact) mass is 509 g/mol. The van der Waals surface area contributed by atoms with Crippen LogP contribution in [0.1, 0.15) is 45.6 Å². The number of rotatable bonds is 12. The van der Waals surface area contributed by atoms with E-state index in [0.717, 1.165) is 22.7 Å². The van der Waals surface area contributed by atoms with Crippen LogP contribution in [0.5, 0.6) is 0 Å². The topological polar surface area (TPSA) is 86.8 Å². The van der Waals surface area contributed by atoms with Gasteiger partial charge in [0.2, 0.25) is 21.8 Å². The fourth-order valence-electron chi connectivity index (χ4n) is 3.47. The van der Waals surface area contributed by atoms with Gasteiger partial charge in [-0.25, -0.2) is 17.2 Å². The molecule has 0 fully saturated rings. The minimum Gasteiger partial charge on any atom is -0.352 e. The zero-order chi connectivity index (χ0) is 26.2. The van der Waals surface area contributed by atoms with Crippen molar-refractivity contribution in [2.75, 3.05) is 17.1 Å². The highest BCUT2D eigenvalue weighted by Crippen LogP contribution is 2.20. The summed E-state index contributed by atoms with van der Waals surface area (Å²) in [6.07, 6.45) is 1.83. The fraction of sp³-hybridized carbons (Fsp3) is 0.440. The van der Waals surface area contributed by atoms with Crippen LogP contribution in [0.4, 0.5) is 14.5 Å². The standard InChI is InChI=1S/C25H33F2N3O4S/c1-5-18(2)28-25(32)19(3)29(17-20-9-6-7-10-23(20)27)24(31)11-8-16-30(35(4,33)34)22-14-12-21(26)13-15-22/h6-7,9-10,12-15,18-19H,5,8,11,16-17H2,1-4H3,(H,28,32)/t18-,19+/m0/s1. The highest BCUT2D eigenvalue weighted by Gasteiger charge is 2.28. The summed E-state index contributed by atoms with van der Waals surface area (Å²) in [6, 6.07) is 10.1. The smallest absolute Gasteiger partial charge is 0.242 e. The Balaban J connectivity index is 2.18. The molecule has 0 unspecified atom stereocenters. The van der Waals surface area contributed by atoms with Crippen molar-refractivity contribution in [1.82, 2.24) is 10.2 Å². The van der Waals surface area contributed by atoms with Crippen LogP contribution in [0.2, 0.25) is 0 Å². The lowest BCUT2D eigenvalue weighted by Crippen LogP contribution is -2.49. The van der Waals surface area contributed by atoms with Crippen molar-refractivity contribution < 1.29 is 26.8 Å². The molecule has 0 spiro atoms. The maximum absolute atomic E-state index is 14.3. The molecule has 0 saturated heterocycles. The zero-order valence-electron chi connectivity index (χ0n) is 20.5. The van der Waals surface area contributed by atoms with Gasteiger partial charge in [0, 0.05) is 31.1 Å². The van der Waals surface area contributed by atoms with E-state index in [2.05, 4.69) is 5.32 Å². The van der Waals surface area contributed by atoms with Crippen molar-refractivity contribution in [2.45, 2.75) is 58.7 Å². The summed E-state index contributed by atoms with van der Waals surface area (Å²) in [5, 5.41) is 2.84. The Bertz CT molecular complexity index is 1110. The predicted molar refractivity (Wildman–Crippen MR) is 132 cm³/mol. The molecule has 0 heterocycles. The van der Waals surface area contributed by atoms with Crippen LogP contribution in [-0.2, 0) is 26.2 Å². The largest absolute Gasteiger partial charge is 0.352 e. The van der Waals surface area contributed by atoms with Gasteiger partial charge in [0.1, 0.15) is 17.7 Å². The van der Waals surface area contributed by atoms with Gasteiger partial charge in [0.15, 0.2) is 0 Å². The van der Waals surface area contributed by atoms with Crippen LogP contribution in [-0.4, -0.2) is 50.0 Å². The molecule has 0 aliphatic rings. The van der Waals surface area contributed by atoms with Gasteiger partial charge in [-0.05, 0) is 57.0 Å². The molecule has 2 aromatic rings. The number of nitrogens with one attached hydrogen (secondary N) is 1. The molecular formula is C25H33F2N3O4S. The average molecular weight is 510 g/mol. The Hall–Kier alpha value is -3.01. The zero-order valence-corrected chi connectivity index (χ0v) is 21.3. The van der Waals surface area contributed by atoms with Gasteiger partial charge >= 0.3 is 0 Å².